The van der Waals surface area contributed by atoms with Gasteiger partial charge in [-0.15, -0.1) is 0 Å². The predicted molar refractivity (Wildman–Crippen MR) is 114 cm³/mol. The SMILES string of the molecule is CC(NC(=O)CNC(=O)OCc1ccccc1)c1ccc(Oc2ccccc2)cc1. The Hall–Kier alpha value is -3.80. The van der Waals surface area contributed by atoms with E-state index in [4.69, 9.17) is 9.47 Å². The van der Waals surface area contributed by atoms with Crippen molar-refractivity contribution in [1.82, 2.24) is 10.6 Å². The van der Waals surface area contributed by atoms with Gasteiger partial charge in [0.25, 0.3) is 0 Å². The van der Waals surface area contributed by atoms with Gasteiger partial charge in [0, 0.05) is 0 Å². The van der Waals surface area contributed by atoms with Crippen LogP contribution in [0.2, 0.25) is 0 Å². The summed E-state index contributed by atoms with van der Waals surface area (Å²) in [5.74, 6) is 1.17. The quantitative estimate of drug-likeness (QED) is 0.576. The van der Waals surface area contributed by atoms with Gasteiger partial charge in [-0.1, -0.05) is 60.7 Å². The van der Waals surface area contributed by atoms with Crippen molar-refractivity contribution in [2.45, 2.75) is 19.6 Å². The maximum atomic E-state index is 12.1. The summed E-state index contributed by atoms with van der Waals surface area (Å²) in [6.45, 7) is 1.87. The number of carbonyl (C=O) groups is 2. The highest BCUT2D eigenvalue weighted by Gasteiger charge is 2.11. The average Bonchev–Trinajstić information content (AvgIpc) is 2.78. The molecule has 0 heterocycles. The van der Waals surface area contributed by atoms with Gasteiger partial charge in [0.2, 0.25) is 5.91 Å². The smallest absolute Gasteiger partial charge is 0.407 e. The molecule has 1 atom stereocenters. The van der Waals surface area contributed by atoms with Crippen LogP contribution < -0.4 is 15.4 Å². The first-order valence-electron chi connectivity index (χ1n) is 9.67. The molecular formula is C24H24N2O4. The van der Waals surface area contributed by atoms with Gasteiger partial charge in [0.1, 0.15) is 24.7 Å². The molecule has 3 rings (SSSR count). The Kier molecular flexibility index (Phi) is 7.44. The van der Waals surface area contributed by atoms with Crippen molar-refractivity contribution in [2.75, 3.05) is 6.54 Å². The van der Waals surface area contributed by atoms with Gasteiger partial charge in [0.05, 0.1) is 6.04 Å². The molecule has 0 fully saturated rings. The van der Waals surface area contributed by atoms with Gasteiger partial charge >= 0.3 is 6.09 Å². The van der Waals surface area contributed by atoms with Gasteiger partial charge in [-0.25, -0.2) is 4.79 Å². The van der Waals surface area contributed by atoms with Crippen molar-refractivity contribution < 1.29 is 19.1 Å². The predicted octanol–water partition coefficient (Wildman–Crippen LogP) is 4.58. The first-order chi connectivity index (χ1) is 14.6. The summed E-state index contributed by atoms with van der Waals surface area (Å²) in [6.07, 6.45) is -0.635. The minimum Gasteiger partial charge on any atom is -0.457 e. The average molecular weight is 404 g/mol. The highest BCUT2D eigenvalue weighted by Crippen LogP contribution is 2.23. The van der Waals surface area contributed by atoms with Crippen LogP contribution in [0.1, 0.15) is 24.1 Å². The van der Waals surface area contributed by atoms with Crippen LogP contribution in [0.4, 0.5) is 4.79 Å². The second kappa shape index (κ2) is 10.7. The van der Waals surface area contributed by atoms with Crippen LogP contribution in [-0.4, -0.2) is 18.5 Å². The van der Waals surface area contributed by atoms with Crippen molar-refractivity contribution in [3.05, 3.63) is 96.1 Å². The van der Waals surface area contributed by atoms with E-state index in [9.17, 15) is 9.59 Å². The van der Waals surface area contributed by atoms with E-state index in [1.807, 2.05) is 91.9 Å². The van der Waals surface area contributed by atoms with Crippen LogP contribution in [0.15, 0.2) is 84.9 Å². The number of nitrogens with one attached hydrogen (secondary N) is 2. The van der Waals surface area contributed by atoms with Crippen molar-refractivity contribution >= 4 is 12.0 Å². The molecule has 0 spiro atoms. The van der Waals surface area contributed by atoms with E-state index in [-0.39, 0.29) is 25.1 Å². The topological polar surface area (TPSA) is 76.7 Å². The lowest BCUT2D eigenvalue weighted by atomic mass is 10.1. The molecule has 2 amide bonds. The lowest BCUT2D eigenvalue weighted by Crippen LogP contribution is -2.38. The number of hydrogen-bond acceptors (Lipinski definition) is 4. The van der Waals surface area contributed by atoms with Gasteiger partial charge in [-0.3, -0.25) is 4.79 Å². The third-order valence-corrected chi connectivity index (χ3v) is 4.34. The molecule has 0 saturated heterocycles. The summed E-state index contributed by atoms with van der Waals surface area (Å²) in [5.41, 5.74) is 1.81. The fraction of sp³-hybridized carbons (Fsp3) is 0.167. The zero-order valence-corrected chi connectivity index (χ0v) is 16.7. The Morgan fingerprint density at radius 2 is 1.43 bits per heavy atom. The Morgan fingerprint density at radius 3 is 2.10 bits per heavy atom. The van der Waals surface area contributed by atoms with Crippen LogP contribution in [0.25, 0.3) is 0 Å². The highest BCUT2D eigenvalue weighted by molar-refractivity contribution is 5.82. The summed E-state index contributed by atoms with van der Waals surface area (Å²) >= 11 is 0. The van der Waals surface area contributed by atoms with Crippen molar-refractivity contribution in [2.24, 2.45) is 0 Å². The molecular weight excluding hydrogens is 380 g/mol. The Balaban J connectivity index is 1.40. The van der Waals surface area contributed by atoms with Crippen LogP contribution in [-0.2, 0) is 16.1 Å². The Morgan fingerprint density at radius 1 is 0.833 bits per heavy atom. The molecule has 30 heavy (non-hydrogen) atoms. The largest absolute Gasteiger partial charge is 0.457 e. The maximum absolute atomic E-state index is 12.1. The van der Waals surface area contributed by atoms with Gasteiger partial charge in [0.15, 0.2) is 0 Å². The fourth-order valence-electron chi connectivity index (χ4n) is 2.75. The number of alkyl carbamates (subject to hydrolysis) is 1. The summed E-state index contributed by atoms with van der Waals surface area (Å²) < 4.78 is 10.9. The zero-order chi connectivity index (χ0) is 21.2. The molecule has 0 aliphatic heterocycles. The molecule has 0 bridgehead atoms. The van der Waals surface area contributed by atoms with Crippen molar-refractivity contribution in [3.8, 4) is 11.5 Å². The molecule has 0 aliphatic rings. The van der Waals surface area contributed by atoms with E-state index in [1.54, 1.807) is 0 Å². The lowest BCUT2D eigenvalue weighted by Gasteiger charge is -2.15. The molecule has 154 valence electrons. The molecule has 3 aromatic carbocycles. The normalized spacial score (nSPS) is 11.2. The summed E-state index contributed by atoms with van der Waals surface area (Å²) in [7, 11) is 0. The number of carbonyl (C=O) groups excluding carboxylic acids is 2. The van der Waals surface area contributed by atoms with Gasteiger partial charge in [-0.2, -0.15) is 0 Å². The molecule has 6 nitrogen and oxygen atoms in total. The maximum Gasteiger partial charge on any atom is 0.407 e. The molecule has 0 saturated carbocycles. The number of rotatable bonds is 8. The molecule has 2 N–H and O–H groups in total. The van der Waals surface area contributed by atoms with Crippen molar-refractivity contribution in [1.29, 1.82) is 0 Å². The third-order valence-electron chi connectivity index (χ3n) is 4.34. The highest BCUT2D eigenvalue weighted by atomic mass is 16.5. The molecule has 3 aromatic rings. The van der Waals surface area contributed by atoms with Gasteiger partial charge < -0.3 is 20.1 Å². The number of benzene rings is 3. The third kappa shape index (κ3) is 6.67. The number of hydrogen-bond donors (Lipinski definition) is 2. The van der Waals surface area contributed by atoms with E-state index >= 15 is 0 Å². The molecule has 0 aliphatic carbocycles. The number of para-hydroxylation sites is 1. The zero-order valence-electron chi connectivity index (χ0n) is 16.7. The van der Waals surface area contributed by atoms with Crippen LogP contribution in [0.5, 0.6) is 11.5 Å². The number of amides is 2. The van der Waals surface area contributed by atoms with Gasteiger partial charge in [-0.05, 0) is 42.3 Å². The molecule has 0 radical (unpaired) electrons. The molecule has 6 heteroatoms. The van der Waals surface area contributed by atoms with E-state index in [0.29, 0.717) is 5.75 Å². The van der Waals surface area contributed by atoms with E-state index < -0.39 is 6.09 Å². The fourth-order valence-corrected chi connectivity index (χ4v) is 2.75. The summed E-state index contributed by atoms with van der Waals surface area (Å²) in [4.78, 5) is 23.8. The molecule has 0 aromatic heterocycles. The second-order valence-electron chi connectivity index (χ2n) is 6.69. The summed E-state index contributed by atoms with van der Waals surface area (Å²) in [6, 6.07) is 26.1. The van der Waals surface area contributed by atoms with E-state index in [1.165, 1.54) is 0 Å². The van der Waals surface area contributed by atoms with E-state index in [0.717, 1.165) is 16.9 Å². The van der Waals surface area contributed by atoms with Crippen LogP contribution in [0, 0.1) is 0 Å². The first-order valence-corrected chi connectivity index (χ1v) is 9.67. The standard InChI is InChI=1S/C24H24N2O4/c1-18(20-12-14-22(15-13-20)30-21-10-6-3-7-11-21)26-23(27)16-25-24(28)29-17-19-8-4-2-5-9-19/h2-15,18H,16-17H2,1H3,(H,25,28)(H,26,27). The van der Waals surface area contributed by atoms with Crippen molar-refractivity contribution in [3.63, 3.8) is 0 Å². The summed E-state index contributed by atoms with van der Waals surface area (Å²) in [5, 5.41) is 5.30. The first kappa shape index (κ1) is 20.9. The van der Waals surface area contributed by atoms with Crippen LogP contribution >= 0.6 is 0 Å². The second-order valence-corrected chi connectivity index (χ2v) is 6.69. The Labute approximate surface area is 175 Å². The monoisotopic (exact) mass is 404 g/mol. The number of ether oxygens (including phenoxy) is 2. The molecule has 1 unspecified atom stereocenters. The minimum absolute atomic E-state index is 0.155. The lowest BCUT2D eigenvalue weighted by molar-refractivity contribution is -0.120. The minimum atomic E-state index is -0.635. The van der Waals surface area contributed by atoms with Crippen LogP contribution in [0.3, 0.4) is 0 Å². The van der Waals surface area contributed by atoms with E-state index in [2.05, 4.69) is 10.6 Å². The Bertz CT molecular complexity index is 944.